The maximum atomic E-state index is 12.0. The topological polar surface area (TPSA) is 90.9 Å². The van der Waals surface area contributed by atoms with Crippen molar-refractivity contribution < 1.29 is 28.6 Å². The van der Waals surface area contributed by atoms with Crippen LogP contribution in [-0.2, 0) is 19.1 Å². The second kappa shape index (κ2) is 9.45. The first-order valence-electron chi connectivity index (χ1n) is 7.33. The van der Waals surface area contributed by atoms with Gasteiger partial charge in [0.25, 0.3) is 0 Å². The van der Waals surface area contributed by atoms with Crippen LogP contribution in [-0.4, -0.2) is 38.2 Å². The summed E-state index contributed by atoms with van der Waals surface area (Å²) in [5.41, 5.74) is 0.415. The number of methoxy groups -OCH3 is 1. The average Bonchev–Trinajstić information content (AvgIpc) is 2.53. The Bertz CT molecular complexity index is 570. The van der Waals surface area contributed by atoms with Crippen molar-refractivity contribution in [3.63, 3.8) is 0 Å². The van der Waals surface area contributed by atoms with E-state index < -0.39 is 17.8 Å². The van der Waals surface area contributed by atoms with Crippen molar-refractivity contribution in [3.05, 3.63) is 23.8 Å². The minimum absolute atomic E-state index is 0.0381. The molecule has 0 unspecified atom stereocenters. The Balaban J connectivity index is 2.86. The number of amides is 1. The lowest BCUT2D eigenvalue weighted by Crippen LogP contribution is -2.18. The summed E-state index contributed by atoms with van der Waals surface area (Å²) in [6.45, 7) is 3.86. The molecule has 0 saturated heterocycles. The summed E-state index contributed by atoms with van der Waals surface area (Å²) in [7, 11) is 1.43. The number of rotatable bonds is 8. The minimum atomic E-state index is -0.563. The summed E-state index contributed by atoms with van der Waals surface area (Å²) in [5.74, 6) is -1.10. The Morgan fingerprint density at radius 3 is 2.35 bits per heavy atom. The van der Waals surface area contributed by atoms with Gasteiger partial charge >= 0.3 is 11.9 Å². The molecule has 7 nitrogen and oxygen atoms in total. The van der Waals surface area contributed by atoms with E-state index in [1.165, 1.54) is 13.2 Å². The highest BCUT2D eigenvalue weighted by Gasteiger charge is 2.19. The molecule has 126 valence electrons. The summed E-state index contributed by atoms with van der Waals surface area (Å²) in [4.78, 5) is 35.2. The molecular weight excluding hydrogens is 302 g/mol. The molecule has 1 aromatic rings. The van der Waals surface area contributed by atoms with Gasteiger partial charge in [-0.15, -0.1) is 0 Å². The highest BCUT2D eigenvalue weighted by Crippen LogP contribution is 2.29. The number of esters is 2. The zero-order valence-corrected chi connectivity index (χ0v) is 13.5. The summed E-state index contributed by atoms with van der Waals surface area (Å²) in [6, 6.07) is 4.77. The fourth-order valence-corrected chi connectivity index (χ4v) is 1.86. The van der Waals surface area contributed by atoms with Gasteiger partial charge in [0.15, 0.2) is 0 Å². The molecule has 0 aliphatic rings. The lowest BCUT2D eigenvalue weighted by Gasteiger charge is -2.14. The van der Waals surface area contributed by atoms with Crippen molar-refractivity contribution >= 4 is 23.5 Å². The van der Waals surface area contributed by atoms with Crippen LogP contribution in [0.25, 0.3) is 0 Å². The molecule has 0 fully saturated rings. The van der Waals surface area contributed by atoms with E-state index in [1.54, 1.807) is 26.0 Å². The SMILES string of the molecule is CCOC(=O)CCC(=O)Nc1c(OC)cccc1C(=O)OCC. The van der Waals surface area contributed by atoms with Gasteiger partial charge in [0, 0.05) is 6.42 Å². The molecule has 0 aliphatic carbocycles. The molecular formula is C16H21NO6. The molecule has 0 bridgehead atoms. The summed E-state index contributed by atoms with van der Waals surface area (Å²) >= 11 is 0. The van der Waals surface area contributed by atoms with Crippen LogP contribution in [0.15, 0.2) is 18.2 Å². The van der Waals surface area contributed by atoms with E-state index in [4.69, 9.17) is 14.2 Å². The highest BCUT2D eigenvalue weighted by molar-refractivity contribution is 6.03. The molecule has 0 radical (unpaired) electrons. The molecule has 0 spiro atoms. The van der Waals surface area contributed by atoms with Crippen LogP contribution in [0.2, 0.25) is 0 Å². The van der Waals surface area contributed by atoms with E-state index in [0.29, 0.717) is 5.75 Å². The zero-order valence-electron chi connectivity index (χ0n) is 13.5. The third kappa shape index (κ3) is 5.61. The van der Waals surface area contributed by atoms with E-state index in [0.717, 1.165) is 0 Å². The van der Waals surface area contributed by atoms with Crippen molar-refractivity contribution in [2.45, 2.75) is 26.7 Å². The Morgan fingerprint density at radius 1 is 1.04 bits per heavy atom. The Morgan fingerprint density at radius 2 is 1.74 bits per heavy atom. The zero-order chi connectivity index (χ0) is 17.2. The maximum Gasteiger partial charge on any atom is 0.340 e. The van der Waals surface area contributed by atoms with Crippen LogP contribution in [0.4, 0.5) is 5.69 Å². The van der Waals surface area contributed by atoms with E-state index in [2.05, 4.69) is 5.32 Å². The maximum absolute atomic E-state index is 12.0. The molecule has 0 heterocycles. The number of para-hydroxylation sites is 1. The number of carbonyl (C=O) groups is 3. The predicted octanol–water partition coefficient (Wildman–Crippen LogP) is 2.15. The van der Waals surface area contributed by atoms with Crippen LogP contribution >= 0.6 is 0 Å². The number of hydrogen-bond donors (Lipinski definition) is 1. The third-order valence-corrected chi connectivity index (χ3v) is 2.87. The standard InChI is InChI=1S/C16H21NO6/c1-4-22-14(19)10-9-13(18)17-15-11(16(20)23-5-2)7-6-8-12(15)21-3/h6-8H,4-5,9-10H2,1-3H3,(H,17,18). The summed E-state index contributed by atoms with van der Waals surface area (Å²) < 4.78 is 14.9. The van der Waals surface area contributed by atoms with E-state index in [9.17, 15) is 14.4 Å². The van der Waals surface area contributed by atoms with Crippen LogP contribution in [0.1, 0.15) is 37.0 Å². The molecule has 7 heteroatoms. The number of anilines is 1. The molecule has 1 rings (SSSR count). The fourth-order valence-electron chi connectivity index (χ4n) is 1.86. The van der Waals surface area contributed by atoms with Crippen molar-refractivity contribution in [1.82, 2.24) is 0 Å². The van der Waals surface area contributed by atoms with Gasteiger partial charge in [-0.1, -0.05) is 6.07 Å². The first-order chi connectivity index (χ1) is 11.0. The van der Waals surface area contributed by atoms with E-state index in [1.807, 2.05) is 0 Å². The van der Waals surface area contributed by atoms with Gasteiger partial charge in [-0.2, -0.15) is 0 Å². The highest BCUT2D eigenvalue weighted by atomic mass is 16.5. The Labute approximate surface area is 134 Å². The van der Waals surface area contributed by atoms with Gasteiger partial charge in [-0.3, -0.25) is 9.59 Å². The van der Waals surface area contributed by atoms with Gasteiger partial charge in [0.2, 0.25) is 5.91 Å². The van der Waals surface area contributed by atoms with Gasteiger partial charge in [0.05, 0.1) is 38.0 Å². The molecule has 23 heavy (non-hydrogen) atoms. The number of benzene rings is 1. The smallest absolute Gasteiger partial charge is 0.340 e. The molecule has 0 aliphatic heterocycles. The van der Waals surface area contributed by atoms with Crippen LogP contribution in [0.3, 0.4) is 0 Å². The molecule has 1 N–H and O–H groups in total. The lowest BCUT2D eigenvalue weighted by atomic mass is 10.1. The molecule has 1 amide bonds. The predicted molar refractivity (Wildman–Crippen MR) is 83.4 cm³/mol. The van der Waals surface area contributed by atoms with Gasteiger partial charge in [-0.05, 0) is 26.0 Å². The quantitative estimate of drug-likeness (QED) is 0.737. The number of hydrogen-bond acceptors (Lipinski definition) is 6. The van der Waals surface area contributed by atoms with E-state index >= 15 is 0 Å². The van der Waals surface area contributed by atoms with E-state index in [-0.39, 0.29) is 37.3 Å². The monoisotopic (exact) mass is 323 g/mol. The summed E-state index contributed by atoms with van der Waals surface area (Å²) in [5, 5.41) is 2.59. The van der Waals surface area contributed by atoms with Gasteiger partial charge in [0.1, 0.15) is 5.75 Å². The lowest BCUT2D eigenvalue weighted by molar-refractivity contribution is -0.144. The van der Waals surface area contributed by atoms with Crippen LogP contribution in [0.5, 0.6) is 5.75 Å². The third-order valence-electron chi connectivity index (χ3n) is 2.87. The van der Waals surface area contributed by atoms with Crippen molar-refractivity contribution in [2.75, 3.05) is 25.6 Å². The minimum Gasteiger partial charge on any atom is -0.495 e. The Hall–Kier alpha value is -2.57. The van der Waals surface area contributed by atoms with Crippen LogP contribution < -0.4 is 10.1 Å². The van der Waals surface area contributed by atoms with Crippen LogP contribution in [0, 0.1) is 0 Å². The van der Waals surface area contributed by atoms with Gasteiger partial charge in [-0.25, -0.2) is 4.79 Å². The number of nitrogens with one attached hydrogen (secondary N) is 1. The second-order valence-electron chi connectivity index (χ2n) is 4.46. The number of carbonyl (C=O) groups excluding carboxylic acids is 3. The fraction of sp³-hybridized carbons (Fsp3) is 0.438. The Kier molecular flexibility index (Phi) is 7.59. The van der Waals surface area contributed by atoms with Crippen molar-refractivity contribution in [3.8, 4) is 5.75 Å². The summed E-state index contributed by atoms with van der Waals surface area (Å²) in [6.07, 6.45) is -0.0945. The normalized spacial score (nSPS) is 9.87. The molecule has 0 atom stereocenters. The van der Waals surface area contributed by atoms with Crippen molar-refractivity contribution in [2.24, 2.45) is 0 Å². The largest absolute Gasteiger partial charge is 0.495 e. The first kappa shape index (κ1) is 18.5. The van der Waals surface area contributed by atoms with Crippen molar-refractivity contribution in [1.29, 1.82) is 0 Å². The number of ether oxygens (including phenoxy) is 3. The second-order valence-corrected chi connectivity index (χ2v) is 4.46. The average molecular weight is 323 g/mol. The molecule has 0 aromatic heterocycles. The first-order valence-corrected chi connectivity index (χ1v) is 7.33. The van der Waals surface area contributed by atoms with Gasteiger partial charge < -0.3 is 19.5 Å². The molecule has 0 saturated carbocycles. The molecule has 1 aromatic carbocycles.